The van der Waals surface area contributed by atoms with Crippen LogP contribution in [0.5, 0.6) is 0 Å². The minimum absolute atomic E-state index is 0.249. The van der Waals surface area contributed by atoms with E-state index in [0.717, 1.165) is 17.5 Å². The molecule has 2 bridgehead atoms. The average molecular weight is 271 g/mol. The molecule has 2 saturated heterocycles. The van der Waals surface area contributed by atoms with Crippen LogP contribution in [0.3, 0.4) is 0 Å². The van der Waals surface area contributed by atoms with Crippen LogP contribution in [0.15, 0.2) is 10.6 Å². The van der Waals surface area contributed by atoms with E-state index in [0.29, 0.717) is 19.1 Å². The lowest BCUT2D eigenvalue weighted by Gasteiger charge is -2.46. The van der Waals surface area contributed by atoms with E-state index < -0.39 is 5.60 Å². The average Bonchev–Trinajstić information content (AvgIpc) is 2.88. The van der Waals surface area contributed by atoms with Crippen molar-refractivity contribution in [1.82, 2.24) is 0 Å². The fourth-order valence-corrected chi connectivity index (χ4v) is 4.48. The second kappa shape index (κ2) is 2.39. The van der Waals surface area contributed by atoms with Gasteiger partial charge in [0.15, 0.2) is 11.4 Å². The summed E-state index contributed by atoms with van der Waals surface area (Å²) in [6, 6.07) is 0. The van der Waals surface area contributed by atoms with Crippen molar-refractivity contribution < 1.29 is 14.3 Å². The number of halogens is 1. The van der Waals surface area contributed by atoms with Gasteiger partial charge in [-0.25, -0.2) is 0 Å². The molecule has 3 nitrogen and oxygen atoms in total. The summed E-state index contributed by atoms with van der Waals surface area (Å²) in [5, 5.41) is 0. The molecule has 4 heteroatoms. The summed E-state index contributed by atoms with van der Waals surface area (Å²) >= 11 is 3.59. The molecule has 3 fully saturated rings. The first-order valence-electron chi connectivity index (χ1n) is 5.34. The smallest absolute Gasteiger partial charge is 0.180 e. The quantitative estimate of drug-likeness (QED) is 0.623. The zero-order valence-electron chi connectivity index (χ0n) is 8.16. The van der Waals surface area contributed by atoms with Crippen molar-refractivity contribution in [3.05, 3.63) is 10.6 Å². The highest BCUT2D eigenvalue weighted by Gasteiger charge is 2.72. The standard InChI is InChI=1S/C11H11BrO3/c12-8-2-10-4-14-3-6(10)1-7(8)11(5-15-11)9(10)13/h2,6-7H,1,3-5H2/t6?,7?,10?,11-/m0/s1. The van der Waals surface area contributed by atoms with Gasteiger partial charge in [-0.15, -0.1) is 0 Å². The number of hydrogen-bond acceptors (Lipinski definition) is 3. The van der Waals surface area contributed by atoms with Gasteiger partial charge in [0.1, 0.15) is 0 Å². The van der Waals surface area contributed by atoms with Gasteiger partial charge in [0.2, 0.25) is 0 Å². The topological polar surface area (TPSA) is 38.8 Å². The Balaban J connectivity index is 1.95. The van der Waals surface area contributed by atoms with E-state index in [-0.39, 0.29) is 17.1 Å². The van der Waals surface area contributed by atoms with Crippen molar-refractivity contribution in [2.45, 2.75) is 12.0 Å². The van der Waals surface area contributed by atoms with E-state index in [1.165, 1.54) is 0 Å². The monoisotopic (exact) mass is 270 g/mol. The molecule has 3 aliphatic carbocycles. The summed E-state index contributed by atoms with van der Waals surface area (Å²) in [5.41, 5.74) is -0.845. The summed E-state index contributed by atoms with van der Waals surface area (Å²) < 4.78 is 12.1. The van der Waals surface area contributed by atoms with Crippen LogP contribution in [0, 0.1) is 17.3 Å². The maximum atomic E-state index is 12.4. The van der Waals surface area contributed by atoms with Crippen molar-refractivity contribution in [1.29, 1.82) is 0 Å². The van der Waals surface area contributed by atoms with Crippen LogP contribution in [0.2, 0.25) is 0 Å². The predicted octanol–water partition coefficient (Wildman–Crippen LogP) is 1.27. The molecule has 4 atom stereocenters. The van der Waals surface area contributed by atoms with Gasteiger partial charge >= 0.3 is 0 Å². The fourth-order valence-electron chi connectivity index (χ4n) is 3.51. The van der Waals surface area contributed by atoms with E-state index in [1.807, 2.05) is 0 Å². The molecule has 1 saturated carbocycles. The van der Waals surface area contributed by atoms with Crippen LogP contribution in [0.4, 0.5) is 0 Å². The first-order chi connectivity index (χ1) is 7.19. The van der Waals surface area contributed by atoms with Crippen molar-refractivity contribution in [3.8, 4) is 0 Å². The minimum Gasteiger partial charge on any atom is -0.380 e. The Kier molecular flexibility index (Phi) is 1.42. The minimum atomic E-state index is -0.474. The molecule has 0 aromatic carbocycles. The van der Waals surface area contributed by atoms with Crippen molar-refractivity contribution in [2.24, 2.45) is 17.3 Å². The normalized spacial score (nSPS) is 55.8. The van der Waals surface area contributed by atoms with E-state index in [9.17, 15) is 4.79 Å². The third kappa shape index (κ3) is 0.808. The summed E-state index contributed by atoms with van der Waals surface area (Å²) in [5.74, 6) is 0.904. The van der Waals surface area contributed by atoms with Gasteiger partial charge < -0.3 is 9.47 Å². The number of carbonyl (C=O) groups is 1. The first-order valence-corrected chi connectivity index (χ1v) is 6.13. The fraction of sp³-hybridized carbons (Fsp3) is 0.727. The first kappa shape index (κ1) is 8.90. The summed E-state index contributed by atoms with van der Waals surface area (Å²) in [6.07, 6.45) is 3.12. The van der Waals surface area contributed by atoms with E-state index in [4.69, 9.17) is 9.47 Å². The third-order valence-corrected chi connectivity index (χ3v) is 5.24. The zero-order valence-corrected chi connectivity index (χ0v) is 9.75. The molecule has 0 aromatic rings. The van der Waals surface area contributed by atoms with Gasteiger partial charge in [0, 0.05) is 11.8 Å². The number of epoxide rings is 1. The Morgan fingerprint density at radius 3 is 3.00 bits per heavy atom. The summed E-state index contributed by atoms with van der Waals surface area (Å²) in [4.78, 5) is 12.4. The van der Waals surface area contributed by atoms with Crippen LogP contribution >= 0.6 is 15.9 Å². The molecule has 2 aliphatic heterocycles. The summed E-state index contributed by atoms with van der Waals surface area (Å²) in [7, 11) is 0. The number of ether oxygens (including phenoxy) is 2. The van der Waals surface area contributed by atoms with E-state index >= 15 is 0 Å². The molecule has 0 radical (unpaired) electrons. The zero-order chi connectivity index (χ0) is 10.3. The largest absolute Gasteiger partial charge is 0.380 e. The molecule has 5 rings (SSSR count). The molecular formula is C11H11BrO3. The number of rotatable bonds is 0. The lowest BCUT2D eigenvalue weighted by atomic mass is 9.55. The number of ketones is 1. The second-order valence-corrected chi connectivity index (χ2v) is 5.99. The molecule has 3 unspecified atom stereocenters. The van der Waals surface area contributed by atoms with Crippen LogP contribution in [0.1, 0.15) is 6.42 Å². The van der Waals surface area contributed by atoms with Gasteiger partial charge in [-0.3, -0.25) is 4.79 Å². The molecular weight excluding hydrogens is 260 g/mol. The SMILES string of the molecule is O=C1C23C=C(Br)C(CC2COC3)[C@@]12CO2. The Morgan fingerprint density at radius 1 is 1.47 bits per heavy atom. The van der Waals surface area contributed by atoms with Crippen molar-refractivity contribution in [2.75, 3.05) is 19.8 Å². The van der Waals surface area contributed by atoms with Crippen molar-refractivity contribution in [3.63, 3.8) is 0 Å². The van der Waals surface area contributed by atoms with Crippen LogP contribution < -0.4 is 0 Å². The van der Waals surface area contributed by atoms with E-state index in [1.54, 1.807) is 0 Å². The molecule has 0 N–H and O–H groups in total. The molecule has 0 aromatic heterocycles. The molecule has 15 heavy (non-hydrogen) atoms. The Bertz CT molecular complexity index is 399. The van der Waals surface area contributed by atoms with Crippen LogP contribution in [-0.2, 0) is 14.3 Å². The highest BCUT2D eigenvalue weighted by Crippen LogP contribution is 2.62. The third-order valence-electron chi connectivity index (χ3n) is 4.46. The van der Waals surface area contributed by atoms with Crippen molar-refractivity contribution >= 4 is 21.7 Å². The maximum absolute atomic E-state index is 12.4. The molecule has 2 heterocycles. The molecule has 0 amide bonds. The Hall–Kier alpha value is -0.190. The van der Waals surface area contributed by atoms with Gasteiger partial charge in [0.25, 0.3) is 0 Å². The van der Waals surface area contributed by atoms with Crippen LogP contribution in [-0.4, -0.2) is 31.2 Å². The highest BCUT2D eigenvalue weighted by atomic mass is 79.9. The van der Waals surface area contributed by atoms with Gasteiger partial charge in [0.05, 0.1) is 25.2 Å². The molecule has 5 aliphatic rings. The maximum Gasteiger partial charge on any atom is 0.180 e. The predicted molar refractivity (Wildman–Crippen MR) is 55.5 cm³/mol. The van der Waals surface area contributed by atoms with Crippen LogP contribution in [0.25, 0.3) is 0 Å². The van der Waals surface area contributed by atoms with Gasteiger partial charge in [-0.05, 0) is 10.9 Å². The number of Topliss-reactive ketones (excluding diaryl/α,β-unsaturated/α-hetero) is 1. The number of carbonyl (C=O) groups excluding carboxylic acids is 1. The van der Waals surface area contributed by atoms with E-state index in [2.05, 4.69) is 22.0 Å². The number of hydrogen-bond donors (Lipinski definition) is 0. The molecule has 2 spiro atoms. The molecule has 80 valence electrons. The Morgan fingerprint density at radius 2 is 2.27 bits per heavy atom. The van der Waals surface area contributed by atoms with Gasteiger partial charge in [-0.1, -0.05) is 22.0 Å². The second-order valence-electron chi connectivity index (χ2n) is 5.08. The van der Waals surface area contributed by atoms with Gasteiger partial charge in [-0.2, -0.15) is 0 Å². The highest BCUT2D eigenvalue weighted by molar-refractivity contribution is 9.11. The lowest BCUT2D eigenvalue weighted by Crippen LogP contribution is -2.57. The lowest BCUT2D eigenvalue weighted by molar-refractivity contribution is -0.140. The Labute approximate surface area is 95.9 Å². The summed E-state index contributed by atoms with van der Waals surface area (Å²) in [6.45, 7) is 1.88.